The molecule has 1 aromatic heterocycles. The van der Waals surface area contributed by atoms with Gasteiger partial charge in [-0.25, -0.2) is 9.78 Å². The molecule has 0 amide bonds. The SMILES string of the molecule is CN(CCC#N)c1nc(Cl)c(C(=O)O)s1. The number of carbonyl (C=O) groups is 1. The quantitative estimate of drug-likeness (QED) is 0.876. The van der Waals surface area contributed by atoms with Crippen molar-refractivity contribution in [3.63, 3.8) is 0 Å². The number of hydrogen-bond donors (Lipinski definition) is 1. The zero-order valence-corrected chi connectivity index (χ0v) is 9.47. The number of halogens is 1. The second kappa shape index (κ2) is 4.96. The van der Waals surface area contributed by atoms with Crippen molar-refractivity contribution in [1.82, 2.24) is 4.98 Å². The summed E-state index contributed by atoms with van der Waals surface area (Å²) >= 11 is 6.64. The third kappa shape index (κ3) is 2.81. The van der Waals surface area contributed by atoms with Crippen LogP contribution in [-0.2, 0) is 0 Å². The number of rotatable bonds is 4. The molecule has 0 unspecified atom stereocenters. The molecule has 0 bridgehead atoms. The Morgan fingerprint density at radius 3 is 2.93 bits per heavy atom. The van der Waals surface area contributed by atoms with Gasteiger partial charge in [-0.3, -0.25) is 0 Å². The standard InChI is InChI=1S/C8H8ClN3O2S/c1-12(4-2-3-10)8-11-6(9)5(15-8)7(13)14/h2,4H2,1H3,(H,13,14). The third-order valence-corrected chi connectivity index (χ3v) is 3.20. The van der Waals surface area contributed by atoms with Crippen LogP contribution in [0.1, 0.15) is 16.1 Å². The van der Waals surface area contributed by atoms with Gasteiger partial charge in [0.1, 0.15) is 0 Å². The van der Waals surface area contributed by atoms with Gasteiger partial charge in [0.2, 0.25) is 0 Å². The van der Waals surface area contributed by atoms with Crippen LogP contribution in [-0.4, -0.2) is 29.7 Å². The molecule has 7 heteroatoms. The van der Waals surface area contributed by atoms with Crippen LogP contribution in [0, 0.1) is 11.3 Å². The molecular weight excluding hydrogens is 238 g/mol. The lowest BCUT2D eigenvalue weighted by Crippen LogP contribution is -2.17. The lowest BCUT2D eigenvalue weighted by Gasteiger charge is -2.12. The topological polar surface area (TPSA) is 77.2 Å². The van der Waals surface area contributed by atoms with Crippen LogP contribution in [0.15, 0.2) is 0 Å². The molecule has 0 aromatic carbocycles. The van der Waals surface area contributed by atoms with E-state index in [0.29, 0.717) is 18.1 Å². The van der Waals surface area contributed by atoms with E-state index in [-0.39, 0.29) is 10.0 Å². The average molecular weight is 246 g/mol. The second-order valence-corrected chi connectivity index (χ2v) is 4.09. The summed E-state index contributed by atoms with van der Waals surface area (Å²) in [5.41, 5.74) is 0. The van der Waals surface area contributed by atoms with E-state index in [0.717, 1.165) is 11.3 Å². The molecule has 0 aliphatic carbocycles. The van der Waals surface area contributed by atoms with E-state index in [9.17, 15) is 4.79 Å². The van der Waals surface area contributed by atoms with Gasteiger partial charge in [0.25, 0.3) is 0 Å². The molecule has 15 heavy (non-hydrogen) atoms. The molecule has 0 saturated heterocycles. The molecule has 80 valence electrons. The highest BCUT2D eigenvalue weighted by atomic mass is 35.5. The number of carboxylic acids is 1. The normalized spacial score (nSPS) is 9.67. The fourth-order valence-corrected chi connectivity index (χ4v) is 2.01. The number of aromatic carboxylic acids is 1. The third-order valence-electron chi connectivity index (χ3n) is 1.65. The molecule has 1 aromatic rings. The summed E-state index contributed by atoms with van der Waals surface area (Å²) in [4.78, 5) is 16.3. The lowest BCUT2D eigenvalue weighted by atomic mass is 10.4. The Labute approximate surface area is 95.5 Å². The van der Waals surface area contributed by atoms with Gasteiger partial charge in [0.05, 0.1) is 12.5 Å². The Kier molecular flexibility index (Phi) is 3.88. The molecule has 0 aliphatic heterocycles. The van der Waals surface area contributed by atoms with Crippen LogP contribution in [0.5, 0.6) is 0 Å². The molecule has 0 saturated carbocycles. The monoisotopic (exact) mass is 245 g/mol. The predicted octanol–water partition coefficient (Wildman–Crippen LogP) is 1.84. The minimum Gasteiger partial charge on any atom is -0.477 e. The van der Waals surface area contributed by atoms with Gasteiger partial charge >= 0.3 is 5.97 Å². The van der Waals surface area contributed by atoms with E-state index < -0.39 is 5.97 Å². The summed E-state index contributed by atoms with van der Waals surface area (Å²) in [6.45, 7) is 0.499. The summed E-state index contributed by atoms with van der Waals surface area (Å²) in [7, 11) is 1.73. The van der Waals surface area contributed by atoms with E-state index in [1.165, 1.54) is 0 Å². The second-order valence-electron chi connectivity index (χ2n) is 2.75. The van der Waals surface area contributed by atoms with Gasteiger partial charge in [-0.05, 0) is 0 Å². The Morgan fingerprint density at radius 2 is 2.47 bits per heavy atom. The minimum absolute atomic E-state index is 0.00805. The number of thiazole rings is 1. The Hall–Kier alpha value is -1.32. The van der Waals surface area contributed by atoms with Crippen LogP contribution < -0.4 is 4.90 Å². The van der Waals surface area contributed by atoms with Gasteiger partial charge in [-0.1, -0.05) is 22.9 Å². The zero-order chi connectivity index (χ0) is 11.4. The first kappa shape index (κ1) is 11.8. The van der Waals surface area contributed by atoms with E-state index in [2.05, 4.69) is 4.98 Å². The summed E-state index contributed by atoms with van der Waals surface area (Å²) in [5.74, 6) is -1.09. The Balaban J connectivity index is 2.83. The van der Waals surface area contributed by atoms with E-state index >= 15 is 0 Å². The molecule has 5 nitrogen and oxygen atoms in total. The summed E-state index contributed by atoms with van der Waals surface area (Å²) in [5, 5.41) is 17.6. The summed E-state index contributed by atoms with van der Waals surface area (Å²) < 4.78 is 0. The van der Waals surface area contributed by atoms with E-state index in [1.807, 2.05) is 6.07 Å². The van der Waals surface area contributed by atoms with E-state index in [4.69, 9.17) is 22.0 Å². The molecule has 0 atom stereocenters. The van der Waals surface area contributed by atoms with Crippen molar-refractivity contribution < 1.29 is 9.90 Å². The molecule has 0 aliphatic rings. The average Bonchev–Trinajstić information content (AvgIpc) is 2.56. The number of hydrogen-bond acceptors (Lipinski definition) is 5. The van der Waals surface area contributed by atoms with Gasteiger partial charge in [0, 0.05) is 13.6 Å². The maximum atomic E-state index is 10.7. The molecule has 0 radical (unpaired) electrons. The molecular formula is C8H8ClN3O2S. The van der Waals surface area contributed by atoms with Crippen LogP contribution in [0.2, 0.25) is 5.15 Å². The molecule has 0 fully saturated rings. The Bertz CT molecular complexity index is 413. The van der Waals surface area contributed by atoms with Gasteiger partial charge in [-0.2, -0.15) is 5.26 Å². The lowest BCUT2D eigenvalue weighted by molar-refractivity contribution is 0.0702. The number of nitrogens with zero attached hydrogens (tertiary/aromatic N) is 3. The molecule has 1 N–H and O–H groups in total. The minimum atomic E-state index is -1.09. The van der Waals surface area contributed by atoms with Crippen molar-refractivity contribution in [1.29, 1.82) is 5.26 Å². The van der Waals surface area contributed by atoms with Crippen molar-refractivity contribution in [2.45, 2.75) is 6.42 Å². The maximum absolute atomic E-state index is 10.7. The van der Waals surface area contributed by atoms with Gasteiger partial charge in [-0.15, -0.1) is 0 Å². The highest BCUT2D eigenvalue weighted by molar-refractivity contribution is 7.18. The first-order valence-corrected chi connectivity index (χ1v) is 5.23. The predicted molar refractivity (Wildman–Crippen MR) is 57.6 cm³/mol. The molecule has 1 rings (SSSR count). The fraction of sp³-hybridized carbons (Fsp3) is 0.375. The smallest absolute Gasteiger partial charge is 0.349 e. The van der Waals surface area contributed by atoms with Gasteiger partial charge < -0.3 is 10.0 Å². The van der Waals surface area contributed by atoms with Crippen molar-refractivity contribution in [2.24, 2.45) is 0 Å². The summed E-state index contributed by atoms with van der Waals surface area (Å²) in [6.07, 6.45) is 0.357. The van der Waals surface area contributed by atoms with Crippen molar-refractivity contribution in [3.05, 3.63) is 10.0 Å². The van der Waals surface area contributed by atoms with Crippen LogP contribution >= 0.6 is 22.9 Å². The number of nitriles is 1. The molecule has 1 heterocycles. The highest BCUT2D eigenvalue weighted by Crippen LogP contribution is 2.28. The number of anilines is 1. The van der Waals surface area contributed by atoms with Crippen molar-refractivity contribution in [3.8, 4) is 6.07 Å². The zero-order valence-electron chi connectivity index (χ0n) is 7.90. The van der Waals surface area contributed by atoms with Crippen molar-refractivity contribution >= 4 is 34.0 Å². The number of aromatic nitrogens is 1. The Morgan fingerprint density at radius 1 is 1.80 bits per heavy atom. The first-order chi connectivity index (χ1) is 7.06. The maximum Gasteiger partial charge on any atom is 0.349 e. The number of carboxylic acid groups (broad SMARTS) is 1. The van der Waals surface area contributed by atoms with E-state index in [1.54, 1.807) is 11.9 Å². The fourth-order valence-electron chi connectivity index (χ4n) is 0.899. The van der Waals surface area contributed by atoms with Gasteiger partial charge in [0.15, 0.2) is 15.2 Å². The first-order valence-electron chi connectivity index (χ1n) is 4.04. The van der Waals surface area contributed by atoms with Crippen LogP contribution in [0.25, 0.3) is 0 Å². The van der Waals surface area contributed by atoms with Crippen LogP contribution in [0.3, 0.4) is 0 Å². The summed E-state index contributed by atoms with van der Waals surface area (Å²) in [6, 6.07) is 2.00. The highest BCUT2D eigenvalue weighted by Gasteiger charge is 2.17. The largest absolute Gasteiger partial charge is 0.477 e. The van der Waals surface area contributed by atoms with Crippen molar-refractivity contribution in [2.75, 3.05) is 18.5 Å². The molecule has 0 spiro atoms. The van der Waals surface area contributed by atoms with Crippen LogP contribution in [0.4, 0.5) is 5.13 Å².